The highest BCUT2D eigenvalue weighted by molar-refractivity contribution is 7.99. The first kappa shape index (κ1) is 24.2. The molecule has 0 atom stereocenters. The Balaban J connectivity index is 1.27. The van der Waals surface area contributed by atoms with Gasteiger partial charge >= 0.3 is 0 Å². The number of hydrogen-bond donors (Lipinski definition) is 1. The van der Waals surface area contributed by atoms with Crippen LogP contribution in [0.3, 0.4) is 0 Å². The fourth-order valence-corrected chi connectivity index (χ4v) is 4.83. The van der Waals surface area contributed by atoms with Crippen LogP contribution in [0.5, 0.6) is 0 Å². The number of anilines is 1. The van der Waals surface area contributed by atoms with Gasteiger partial charge in [0.15, 0.2) is 5.13 Å². The number of hydrogen-bond acceptors (Lipinski definition) is 7. The van der Waals surface area contributed by atoms with E-state index in [1.54, 1.807) is 0 Å². The fourth-order valence-electron chi connectivity index (χ4n) is 3.53. The van der Waals surface area contributed by atoms with Gasteiger partial charge in [0, 0.05) is 16.5 Å². The zero-order valence-electron chi connectivity index (χ0n) is 19.4. The van der Waals surface area contributed by atoms with Gasteiger partial charge in [-0.3, -0.25) is 4.79 Å². The Morgan fingerprint density at radius 1 is 1.06 bits per heavy atom. The minimum absolute atomic E-state index is 0.163. The number of nitrogens with one attached hydrogen (secondary N) is 1. The van der Waals surface area contributed by atoms with Gasteiger partial charge in [-0.1, -0.05) is 80.4 Å². The summed E-state index contributed by atoms with van der Waals surface area (Å²) < 4.78 is 5.71. The summed E-state index contributed by atoms with van der Waals surface area (Å²) in [4.78, 5) is 17.0. The van der Waals surface area contributed by atoms with Crippen molar-refractivity contribution in [2.75, 3.05) is 11.1 Å². The number of aromatic nitrogens is 3. The quantitative estimate of drug-likeness (QED) is 0.179. The number of benzene rings is 2. The SMILES string of the molecule is CCCCCCc1ccc(-c2csc(NC(=O)CSc3nnc(-c4ccccc4C)o3)n2)cc1. The van der Waals surface area contributed by atoms with Gasteiger partial charge in [0.2, 0.25) is 11.8 Å². The Kier molecular flexibility index (Phi) is 8.49. The van der Waals surface area contributed by atoms with E-state index in [1.165, 1.54) is 54.3 Å². The number of amides is 1. The van der Waals surface area contributed by atoms with E-state index >= 15 is 0 Å². The monoisotopic (exact) mass is 492 g/mol. The Morgan fingerprint density at radius 3 is 2.68 bits per heavy atom. The molecular weight excluding hydrogens is 464 g/mol. The molecule has 2 heterocycles. The first-order valence-electron chi connectivity index (χ1n) is 11.5. The molecule has 6 nitrogen and oxygen atoms in total. The predicted octanol–water partition coefficient (Wildman–Crippen LogP) is 7.02. The molecule has 0 radical (unpaired) electrons. The normalized spacial score (nSPS) is 11.0. The van der Waals surface area contributed by atoms with Crippen molar-refractivity contribution in [2.45, 2.75) is 51.2 Å². The summed E-state index contributed by atoms with van der Waals surface area (Å²) in [5, 5.41) is 13.9. The van der Waals surface area contributed by atoms with Crippen LogP contribution in [0, 0.1) is 6.92 Å². The number of unbranched alkanes of at least 4 members (excludes halogenated alkanes) is 3. The molecule has 0 spiro atoms. The van der Waals surface area contributed by atoms with E-state index in [9.17, 15) is 4.79 Å². The van der Waals surface area contributed by atoms with Crippen molar-refractivity contribution in [1.29, 1.82) is 0 Å². The molecule has 1 amide bonds. The van der Waals surface area contributed by atoms with Gasteiger partial charge in [-0.2, -0.15) is 0 Å². The standard InChI is InChI=1S/C26H28N4O2S2/c1-3-4-5-6-10-19-12-14-20(15-13-19)22-16-33-25(27-22)28-23(31)17-34-26-30-29-24(32-26)21-11-8-7-9-18(21)2/h7-9,11-16H,3-6,10,17H2,1-2H3,(H,27,28,31). The molecule has 4 aromatic rings. The number of rotatable bonds is 11. The highest BCUT2D eigenvalue weighted by Gasteiger charge is 2.14. The van der Waals surface area contributed by atoms with Crippen LogP contribution in [-0.4, -0.2) is 26.8 Å². The number of nitrogens with zero attached hydrogens (tertiary/aromatic N) is 3. The van der Waals surface area contributed by atoms with Gasteiger partial charge in [-0.25, -0.2) is 4.98 Å². The summed E-state index contributed by atoms with van der Waals surface area (Å²) >= 11 is 2.62. The highest BCUT2D eigenvalue weighted by Crippen LogP contribution is 2.27. The minimum Gasteiger partial charge on any atom is -0.411 e. The molecule has 0 aliphatic carbocycles. The second-order valence-corrected chi connectivity index (χ2v) is 9.86. The van der Waals surface area contributed by atoms with Crippen molar-refractivity contribution in [2.24, 2.45) is 0 Å². The van der Waals surface area contributed by atoms with Crippen LogP contribution in [-0.2, 0) is 11.2 Å². The van der Waals surface area contributed by atoms with Gasteiger partial charge in [-0.05, 0) is 37.0 Å². The largest absolute Gasteiger partial charge is 0.411 e. The van der Waals surface area contributed by atoms with Crippen molar-refractivity contribution >= 4 is 34.1 Å². The fraction of sp³-hybridized carbons (Fsp3) is 0.308. The molecule has 176 valence electrons. The zero-order chi connectivity index (χ0) is 23.8. The Labute approximate surface area is 208 Å². The van der Waals surface area contributed by atoms with Crippen molar-refractivity contribution in [1.82, 2.24) is 15.2 Å². The van der Waals surface area contributed by atoms with Gasteiger partial charge in [0.05, 0.1) is 11.4 Å². The lowest BCUT2D eigenvalue weighted by Gasteiger charge is -2.03. The molecule has 0 aliphatic rings. The van der Waals surface area contributed by atoms with Gasteiger partial charge in [0.1, 0.15) is 0 Å². The lowest BCUT2D eigenvalue weighted by Crippen LogP contribution is -2.13. The molecule has 0 aliphatic heterocycles. The van der Waals surface area contributed by atoms with Crippen LogP contribution in [0.15, 0.2) is 63.6 Å². The molecule has 0 unspecified atom stereocenters. The van der Waals surface area contributed by atoms with Crippen LogP contribution in [0.2, 0.25) is 0 Å². The molecule has 0 bridgehead atoms. The molecule has 4 rings (SSSR count). The zero-order valence-corrected chi connectivity index (χ0v) is 21.0. The van der Waals surface area contributed by atoms with Gasteiger partial charge in [-0.15, -0.1) is 21.5 Å². The van der Waals surface area contributed by atoms with Crippen LogP contribution in [0.25, 0.3) is 22.7 Å². The topological polar surface area (TPSA) is 80.9 Å². The van der Waals surface area contributed by atoms with Gasteiger partial charge < -0.3 is 9.73 Å². The maximum absolute atomic E-state index is 12.4. The number of carbonyl (C=O) groups excluding carboxylic acids is 1. The number of carbonyl (C=O) groups is 1. The maximum atomic E-state index is 12.4. The maximum Gasteiger partial charge on any atom is 0.277 e. The predicted molar refractivity (Wildman–Crippen MR) is 139 cm³/mol. The van der Waals surface area contributed by atoms with E-state index in [1.807, 2.05) is 36.6 Å². The molecule has 0 saturated heterocycles. The molecule has 1 N–H and O–H groups in total. The minimum atomic E-state index is -0.163. The number of thioether (sulfide) groups is 1. The third-order valence-electron chi connectivity index (χ3n) is 5.43. The summed E-state index contributed by atoms with van der Waals surface area (Å²) in [5.41, 5.74) is 5.23. The summed E-state index contributed by atoms with van der Waals surface area (Å²) in [6, 6.07) is 16.4. The first-order valence-corrected chi connectivity index (χ1v) is 13.4. The van der Waals surface area contributed by atoms with E-state index < -0.39 is 0 Å². The number of thiazole rings is 1. The average molecular weight is 493 g/mol. The highest BCUT2D eigenvalue weighted by atomic mass is 32.2. The van der Waals surface area contributed by atoms with Crippen molar-refractivity contribution in [3.05, 3.63) is 65.0 Å². The molecule has 8 heteroatoms. The first-order chi connectivity index (χ1) is 16.6. The van der Waals surface area contributed by atoms with E-state index in [0.29, 0.717) is 16.2 Å². The van der Waals surface area contributed by atoms with Crippen LogP contribution >= 0.6 is 23.1 Å². The van der Waals surface area contributed by atoms with Crippen LogP contribution < -0.4 is 5.32 Å². The third kappa shape index (κ3) is 6.55. The third-order valence-corrected chi connectivity index (χ3v) is 7.00. The average Bonchev–Trinajstić information content (AvgIpc) is 3.51. The molecule has 2 aromatic carbocycles. The van der Waals surface area contributed by atoms with Crippen molar-refractivity contribution in [3.63, 3.8) is 0 Å². The molecule has 2 aromatic heterocycles. The molecule has 34 heavy (non-hydrogen) atoms. The molecule has 0 fully saturated rings. The summed E-state index contributed by atoms with van der Waals surface area (Å²) in [7, 11) is 0. The van der Waals surface area contributed by atoms with Crippen molar-refractivity contribution in [3.8, 4) is 22.7 Å². The summed E-state index contributed by atoms with van der Waals surface area (Å²) in [6.45, 7) is 4.22. The lowest BCUT2D eigenvalue weighted by molar-refractivity contribution is -0.113. The van der Waals surface area contributed by atoms with E-state index in [4.69, 9.17) is 4.42 Å². The van der Waals surface area contributed by atoms with E-state index in [-0.39, 0.29) is 11.7 Å². The summed E-state index contributed by atoms with van der Waals surface area (Å²) in [6.07, 6.45) is 6.18. The second-order valence-electron chi connectivity index (χ2n) is 8.07. The van der Waals surface area contributed by atoms with Crippen LogP contribution in [0.4, 0.5) is 5.13 Å². The smallest absolute Gasteiger partial charge is 0.277 e. The van der Waals surface area contributed by atoms with E-state index in [0.717, 1.165) is 28.8 Å². The Morgan fingerprint density at radius 2 is 1.88 bits per heavy atom. The van der Waals surface area contributed by atoms with Crippen LogP contribution in [0.1, 0.15) is 43.7 Å². The van der Waals surface area contributed by atoms with Crippen molar-refractivity contribution < 1.29 is 9.21 Å². The second kappa shape index (κ2) is 11.9. The molecular formula is C26H28N4O2S2. The Hall–Kier alpha value is -2.97. The Bertz CT molecular complexity index is 1220. The van der Waals surface area contributed by atoms with Gasteiger partial charge in [0.25, 0.3) is 5.22 Å². The van der Waals surface area contributed by atoms with E-state index in [2.05, 4.69) is 51.7 Å². The number of aryl methyl sites for hydroxylation is 2. The molecule has 0 saturated carbocycles. The summed E-state index contributed by atoms with van der Waals surface area (Å²) in [5.74, 6) is 0.457. The lowest BCUT2D eigenvalue weighted by atomic mass is 10.0.